The molecule has 1 amide bonds. The zero-order valence-electron chi connectivity index (χ0n) is 11.0. The maximum absolute atomic E-state index is 11.6. The number of sulfonamides is 1. The molecule has 7 heteroatoms. The summed E-state index contributed by atoms with van der Waals surface area (Å²) >= 11 is 0. The lowest BCUT2D eigenvalue weighted by Crippen LogP contribution is -2.37. The quantitative estimate of drug-likeness (QED) is 0.800. The van der Waals surface area contributed by atoms with Gasteiger partial charge in [0.2, 0.25) is 15.9 Å². The second kappa shape index (κ2) is 6.42. The lowest BCUT2D eigenvalue weighted by atomic mass is 10.3. The molecule has 19 heavy (non-hydrogen) atoms. The number of primary amides is 1. The first-order valence-electron chi connectivity index (χ1n) is 5.83. The zero-order valence-corrected chi connectivity index (χ0v) is 11.8. The maximum Gasteiger partial charge on any atom is 0.238 e. The Morgan fingerprint density at radius 1 is 1.32 bits per heavy atom. The molecule has 0 unspecified atom stereocenters. The summed E-state index contributed by atoms with van der Waals surface area (Å²) in [5.41, 5.74) is 5.43. The fraction of sp³-hybridized carbons (Fsp3) is 0.417. The topological polar surface area (TPSA) is 89.7 Å². The van der Waals surface area contributed by atoms with Crippen LogP contribution in [0.4, 0.5) is 5.69 Å². The fourth-order valence-electron chi connectivity index (χ4n) is 1.47. The second-order valence-corrected chi connectivity index (χ2v) is 5.99. The van der Waals surface area contributed by atoms with Gasteiger partial charge in [0.25, 0.3) is 0 Å². The summed E-state index contributed by atoms with van der Waals surface area (Å²) in [6.45, 7) is 2.21. The van der Waals surface area contributed by atoms with Crippen LogP contribution >= 0.6 is 0 Å². The molecule has 0 saturated carbocycles. The van der Waals surface area contributed by atoms with Gasteiger partial charge < -0.3 is 10.5 Å². The third-order valence-corrected chi connectivity index (χ3v) is 3.44. The van der Waals surface area contributed by atoms with Crippen LogP contribution in [0.15, 0.2) is 24.3 Å². The third-order valence-electron chi connectivity index (χ3n) is 2.30. The van der Waals surface area contributed by atoms with Crippen LogP contribution in [-0.2, 0) is 14.8 Å². The fourth-order valence-corrected chi connectivity index (χ4v) is 2.34. The van der Waals surface area contributed by atoms with Crippen molar-refractivity contribution in [1.29, 1.82) is 0 Å². The summed E-state index contributed by atoms with van der Waals surface area (Å²) < 4.78 is 29.6. The maximum atomic E-state index is 11.6. The number of hydrogen-bond donors (Lipinski definition) is 1. The van der Waals surface area contributed by atoms with Crippen molar-refractivity contribution >= 4 is 21.6 Å². The van der Waals surface area contributed by atoms with E-state index < -0.39 is 15.9 Å². The Morgan fingerprint density at radius 3 is 2.32 bits per heavy atom. The molecule has 2 N–H and O–H groups in total. The lowest BCUT2D eigenvalue weighted by Gasteiger charge is -2.20. The van der Waals surface area contributed by atoms with Crippen LogP contribution in [0, 0.1) is 0 Å². The molecule has 0 aromatic heterocycles. The van der Waals surface area contributed by atoms with Gasteiger partial charge in [-0.2, -0.15) is 0 Å². The van der Waals surface area contributed by atoms with E-state index in [1.807, 2.05) is 6.92 Å². The molecule has 0 radical (unpaired) electrons. The van der Waals surface area contributed by atoms with Crippen molar-refractivity contribution in [2.24, 2.45) is 5.73 Å². The van der Waals surface area contributed by atoms with Crippen LogP contribution in [0.25, 0.3) is 0 Å². The minimum Gasteiger partial charge on any atom is -0.494 e. The Kier molecular flexibility index (Phi) is 5.17. The third kappa shape index (κ3) is 4.78. The van der Waals surface area contributed by atoms with Crippen molar-refractivity contribution in [3.63, 3.8) is 0 Å². The highest BCUT2D eigenvalue weighted by Gasteiger charge is 2.19. The van der Waals surface area contributed by atoms with E-state index in [0.717, 1.165) is 17.0 Å². The molecule has 0 saturated heterocycles. The number of amides is 1. The molecule has 0 aliphatic carbocycles. The minimum atomic E-state index is -3.55. The van der Waals surface area contributed by atoms with Crippen LogP contribution in [0.3, 0.4) is 0 Å². The monoisotopic (exact) mass is 286 g/mol. The number of anilines is 1. The van der Waals surface area contributed by atoms with E-state index in [2.05, 4.69) is 0 Å². The highest BCUT2D eigenvalue weighted by atomic mass is 32.2. The van der Waals surface area contributed by atoms with E-state index in [1.165, 1.54) is 0 Å². The average molecular weight is 286 g/mol. The molecule has 0 heterocycles. The van der Waals surface area contributed by atoms with Crippen LogP contribution in [0.2, 0.25) is 0 Å². The number of hydrogen-bond acceptors (Lipinski definition) is 4. The van der Waals surface area contributed by atoms with Gasteiger partial charge in [-0.05, 0) is 30.7 Å². The summed E-state index contributed by atoms with van der Waals surface area (Å²) in [6, 6.07) is 6.47. The molecule has 6 nitrogen and oxygen atoms in total. The largest absolute Gasteiger partial charge is 0.494 e. The molecule has 0 aliphatic rings. The Morgan fingerprint density at radius 2 is 1.89 bits per heavy atom. The Labute approximate surface area is 113 Å². The Bertz CT molecular complexity index is 525. The van der Waals surface area contributed by atoms with Crippen LogP contribution in [0.1, 0.15) is 13.3 Å². The van der Waals surface area contributed by atoms with E-state index in [4.69, 9.17) is 10.5 Å². The van der Waals surface area contributed by atoms with Gasteiger partial charge in [-0.25, -0.2) is 8.42 Å². The smallest absolute Gasteiger partial charge is 0.238 e. The predicted molar refractivity (Wildman–Crippen MR) is 73.6 cm³/mol. The van der Waals surface area contributed by atoms with Crippen molar-refractivity contribution in [3.05, 3.63) is 24.3 Å². The molecule has 1 rings (SSSR count). The van der Waals surface area contributed by atoms with Crippen LogP contribution in [0.5, 0.6) is 5.75 Å². The summed E-state index contributed by atoms with van der Waals surface area (Å²) in [4.78, 5) is 10.9. The van der Waals surface area contributed by atoms with Crippen molar-refractivity contribution in [1.82, 2.24) is 0 Å². The number of nitrogens with zero attached hydrogens (tertiary/aromatic N) is 1. The van der Waals surface area contributed by atoms with Gasteiger partial charge in [0.05, 0.1) is 18.6 Å². The normalized spacial score (nSPS) is 11.1. The first-order chi connectivity index (χ1) is 8.84. The van der Waals surface area contributed by atoms with Gasteiger partial charge in [-0.3, -0.25) is 9.10 Å². The molecule has 0 aliphatic heterocycles. The first kappa shape index (κ1) is 15.3. The number of rotatable bonds is 7. The van der Waals surface area contributed by atoms with Crippen molar-refractivity contribution in [3.8, 4) is 5.75 Å². The summed E-state index contributed by atoms with van der Waals surface area (Å²) in [6.07, 6.45) is 1.91. The van der Waals surface area contributed by atoms with Gasteiger partial charge in [0.1, 0.15) is 12.3 Å². The van der Waals surface area contributed by atoms with Crippen molar-refractivity contribution in [2.75, 3.05) is 23.7 Å². The van der Waals surface area contributed by atoms with Gasteiger partial charge >= 0.3 is 0 Å². The van der Waals surface area contributed by atoms with Crippen molar-refractivity contribution in [2.45, 2.75) is 13.3 Å². The molecular formula is C12H18N2O4S. The second-order valence-electron chi connectivity index (χ2n) is 4.08. The SMILES string of the molecule is CCCOc1ccc(N(CC(N)=O)S(C)(=O)=O)cc1. The number of carbonyl (C=O) groups excluding carboxylic acids is 1. The first-order valence-corrected chi connectivity index (χ1v) is 7.68. The Hall–Kier alpha value is -1.76. The molecule has 0 fully saturated rings. The molecule has 0 atom stereocenters. The van der Waals surface area contributed by atoms with Crippen LogP contribution < -0.4 is 14.8 Å². The van der Waals surface area contributed by atoms with Crippen molar-refractivity contribution < 1.29 is 17.9 Å². The van der Waals surface area contributed by atoms with E-state index in [0.29, 0.717) is 18.0 Å². The Balaban J connectivity index is 2.94. The van der Waals surface area contributed by atoms with E-state index in [-0.39, 0.29) is 6.54 Å². The lowest BCUT2D eigenvalue weighted by molar-refractivity contribution is -0.116. The molecule has 0 bridgehead atoms. The number of carbonyl (C=O) groups is 1. The molecule has 1 aromatic rings. The van der Waals surface area contributed by atoms with Gasteiger partial charge in [0, 0.05) is 0 Å². The molecular weight excluding hydrogens is 268 g/mol. The number of benzene rings is 1. The summed E-state index contributed by atoms with van der Waals surface area (Å²) in [5.74, 6) is -0.0603. The van der Waals surface area contributed by atoms with E-state index in [1.54, 1.807) is 24.3 Å². The average Bonchev–Trinajstić information content (AvgIpc) is 2.33. The van der Waals surface area contributed by atoms with Gasteiger partial charge in [-0.1, -0.05) is 6.92 Å². The van der Waals surface area contributed by atoms with E-state index in [9.17, 15) is 13.2 Å². The highest BCUT2D eigenvalue weighted by Crippen LogP contribution is 2.21. The summed E-state index contributed by atoms with van der Waals surface area (Å²) in [7, 11) is -3.55. The van der Waals surface area contributed by atoms with E-state index >= 15 is 0 Å². The zero-order chi connectivity index (χ0) is 14.5. The summed E-state index contributed by atoms with van der Waals surface area (Å²) in [5, 5.41) is 0. The number of ether oxygens (including phenoxy) is 1. The standard InChI is InChI=1S/C12H18N2O4S/c1-3-8-18-11-6-4-10(5-7-11)14(9-12(13)15)19(2,16)17/h4-7H,3,8-9H2,1-2H3,(H2,13,15). The van der Waals surface area contributed by atoms with Crippen LogP contribution in [-0.4, -0.2) is 33.7 Å². The predicted octanol–water partition coefficient (Wildman–Crippen LogP) is 0.727. The molecule has 1 aromatic carbocycles. The highest BCUT2D eigenvalue weighted by molar-refractivity contribution is 7.92. The minimum absolute atomic E-state index is 0.380. The molecule has 106 valence electrons. The molecule has 0 spiro atoms. The van der Waals surface area contributed by atoms with Gasteiger partial charge in [-0.15, -0.1) is 0 Å². The van der Waals surface area contributed by atoms with Gasteiger partial charge in [0.15, 0.2) is 0 Å². The number of nitrogens with two attached hydrogens (primary N) is 1.